The topological polar surface area (TPSA) is 12.0 Å². The molecule has 98 valence electrons. The van der Waals surface area contributed by atoms with Gasteiger partial charge in [-0.3, -0.25) is 0 Å². The Morgan fingerprint density at radius 1 is 1.00 bits per heavy atom. The minimum absolute atomic E-state index is 0.113. The predicted octanol–water partition coefficient (Wildman–Crippen LogP) is 4.11. The molecule has 0 saturated heterocycles. The summed E-state index contributed by atoms with van der Waals surface area (Å²) in [6.45, 7) is 0.680. The maximum absolute atomic E-state index is 13.5. The molecule has 1 aliphatic rings. The summed E-state index contributed by atoms with van der Waals surface area (Å²) in [6.07, 6.45) is 2.21. The Morgan fingerprint density at radius 3 is 2.37 bits per heavy atom. The Balaban J connectivity index is 1.73. The highest BCUT2D eigenvalue weighted by Gasteiger charge is 2.43. The minimum Gasteiger partial charge on any atom is -0.382 e. The van der Waals surface area contributed by atoms with Crippen LogP contribution in [-0.2, 0) is 5.41 Å². The normalized spacial score (nSPS) is 16.1. The van der Waals surface area contributed by atoms with E-state index >= 15 is 0 Å². The molecule has 1 N–H and O–H groups in total. The van der Waals surface area contributed by atoms with Crippen molar-refractivity contribution in [2.45, 2.75) is 18.3 Å². The average molecular weight is 259 g/mol. The fourth-order valence-corrected chi connectivity index (χ4v) is 2.41. The van der Waals surface area contributed by atoms with Crippen molar-refractivity contribution >= 4 is 5.69 Å². The zero-order valence-electron chi connectivity index (χ0n) is 10.5. The Hall–Kier alpha value is -1.90. The summed E-state index contributed by atoms with van der Waals surface area (Å²) in [6, 6.07) is 13.9. The molecule has 0 radical (unpaired) electrons. The number of hydrogen-bond donors (Lipinski definition) is 1. The van der Waals surface area contributed by atoms with Crippen LogP contribution in [-0.4, -0.2) is 6.54 Å². The fraction of sp³-hybridized carbons (Fsp3) is 0.250. The third-order valence-corrected chi connectivity index (χ3v) is 3.79. The molecule has 1 nitrogen and oxygen atoms in total. The molecule has 1 fully saturated rings. The molecule has 2 aromatic carbocycles. The van der Waals surface area contributed by atoms with E-state index in [2.05, 4.69) is 17.4 Å². The largest absolute Gasteiger partial charge is 0.382 e. The van der Waals surface area contributed by atoms with Gasteiger partial charge in [0, 0.05) is 18.0 Å². The van der Waals surface area contributed by atoms with Crippen LogP contribution in [0.1, 0.15) is 18.4 Å². The second kappa shape index (κ2) is 4.65. The summed E-state index contributed by atoms with van der Waals surface area (Å²) in [5.74, 6) is -1.09. The Labute approximate surface area is 111 Å². The lowest BCUT2D eigenvalue weighted by Gasteiger charge is -2.17. The zero-order valence-corrected chi connectivity index (χ0v) is 10.5. The minimum atomic E-state index is -0.549. The summed E-state index contributed by atoms with van der Waals surface area (Å²) in [5, 5.41) is 3.10. The van der Waals surface area contributed by atoms with Gasteiger partial charge in [-0.15, -0.1) is 0 Å². The average Bonchev–Trinajstić information content (AvgIpc) is 3.20. The van der Waals surface area contributed by atoms with E-state index in [0.717, 1.165) is 18.9 Å². The van der Waals surface area contributed by atoms with Crippen molar-refractivity contribution < 1.29 is 8.78 Å². The molecule has 2 aromatic rings. The van der Waals surface area contributed by atoms with Crippen molar-refractivity contribution in [3.63, 3.8) is 0 Å². The molecule has 1 saturated carbocycles. The lowest BCUT2D eigenvalue weighted by Crippen LogP contribution is -2.20. The maximum Gasteiger partial charge on any atom is 0.149 e. The molecule has 0 amide bonds. The van der Waals surface area contributed by atoms with Crippen LogP contribution in [0.15, 0.2) is 48.5 Å². The first-order valence-corrected chi connectivity index (χ1v) is 6.44. The lowest BCUT2D eigenvalue weighted by molar-refractivity contribution is 0.584. The number of nitrogens with one attached hydrogen (secondary N) is 1. The van der Waals surface area contributed by atoms with Crippen molar-refractivity contribution in [2.24, 2.45) is 0 Å². The summed E-state index contributed by atoms with van der Waals surface area (Å²) in [5.41, 5.74) is 1.76. The van der Waals surface area contributed by atoms with Crippen LogP contribution < -0.4 is 5.32 Å². The first kappa shape index (κ1) is 12.2. The number of hydrogen-bond acceptors (Lipinski definition) is 1. The Bertz CT molecular complexity index is 577. The maximum atomic E-state index is 13.5. The fourth-order valence-electron chi connectivity index (χ4n) is 2.41. The van der Waals surface area contributed by atoms with Gasteiger partial charge in [0.25, 0.3) is 0 Å². The van der Waals surface area contributed by atoms with Gasteiger partial charge in [0.05, 0.1) is 5.69 Å². The SMILES string of the molecule is Fc1ccc(NCC2(c3ccccc3)CC2)c(F)c1. The van der Waals surface area contributed by atoms with E-state index in [1.54, 1.807) is 0 Å². The van der Waals surface area contributed by atoms with Crippen molar-refractivity contribution in [3.05, 3.63) is 65.7 Å². The van der Waals surface area contributed by atoms with Crippen LogP contribution in [0.5, 0.6) is 0 Å². The van der Waals surface area contributed by atoms with E-state index < -0.39 is 11.6 Å². The Morgan fingerprint density at radius 2 is 1.74 bits per heavy atom. The van der Waals surface area contributed by atoms with Crippen LogP contribution in [0, 0.1) is 11.6 Å². The van der Waals surface area contributed by atoms with Gasteiger partial charge in [0.15, 0.2) is 0 Å². The van der Waals surface area contributed by atoms with E-state index in [1.807, 2.05) is 18.2 Å². The summed E-state index contributed by atoms with van der Waals surface area (Å²) in [4.78, 5) is 0. The second-order valence-corrected chi connectivity index (χ2v) is 5.12. The van der Waals surface area contributed by atoms with Crippen molar-refractivity contribution in [2.75, 3.05) is 11.9 Å². The van der Waals surface area contributed by atoms with Crippen LogP contribution >= 0.6 is 0 Å². The molecule has 0 aromatic heterocycles. The predicted molar refractivity (Wildman–Crippen MR) is 72.2 cm³/mol. The van der Waals surface area contributed by atoms with E-state index in [-0.39, 0.29) is 5.41 Å². The molecule has 0 aliphatic heterocycles. The number of halogens is 2. The molecular formula is C16H15F2N. The van der Waals surface area contributed by atoms with Gasteiger partial charge in [-0.1, -0.05) is 30.3 Å². The quantitative estimate of drug-likeness (QED) is 0.871. The first-order chi connectivity index (χ1) is 9.20. The van der Waals surface area contributed by atoms with Crippen molar-refractivity contribution in [3.8, 4) is 0 Å². The summed E-state index contributed by atoms with van der Waals surface area (Å²) in [7, 11) is 0. The molecule has 19 heavy (non-hydrogen) atoms. The van der Waals surface area contributed by atoms with Gasteiger partial charge >= 0.3 is 0 Å². The van der Waals surface area contributed by atoms with E-state index in [4.69, 9.17) is 0 Å². The van der Waals surface area contributed by atoms with Gasteiger partial charge in [-0.25, -0.2) is 8.78 Å². The van der Waals surface area contributed by atoms with E-state index in [0.29, 0.717) is 12.2 Å². The monoisotopic (exact) mass is 259 g/mol. The van der Waals surface area contributed by atoms with E-state index in [9.17, 15) is 8.78 Å². The molecular weight excluding hydrogens is 244 g/mol. The molecule has 0 spiro atoms. The highest BCUT2D eigenvalue weighted by Crippen LogP contribution is 2.48. The third kappa shape index (κ3) is 2.46. The molecule has 3 rings (SSSR count). The van der Waals surface area contributed by atoms with Crippen LogP contribution in [0.3, 0.4) is 0 Å². The summed E-state index contributed by atoms with van der Waals surface area (Å²) >= 11 is 0. The molecule has 3 heteroatoms. The first-order valence-electron chi connectivity index (χ1n) is 6.44. The molecule has 0 bridgehead atoms. The van der Waals surface area contributed by atoms with E-state index in [1.165, 1.54) is 17.7 Å². The van der Waals surface area contributed by atoms with Crippen molar-refractivity contribution in [1.29, 1.82) is 0 Å². The number of benzene rings is 2. The standard InChI is InChI=1S/C16H15F2N/c17-13-6-7-15(14(18)10-13)19-11-16(8-9-16)12-4-2-1-3-5-12/h1-7,10,19H,8-9,11H2. The molecule has 0 heterocycles. The van der Waals surface area contributed by atoms with Crippen LogP contribution in [0.2, 0.25) is 0 Å². The molecule has 0 atom stereocenters. The van der Waals surface area contributed by atoms with Gasteiger partial charge < -0.3 is 5.32 Å². The number of anilines is 1. The Kier molecular flexibility index (Phi) is 2.97. The summed E-state index contributed by atoms with van der Waals surface area (Å²) < 4.78 is 26.4. The second-order valence-electron chi connectivity index (χ2n) is 5.12. The third-order valence-electron chi connectivity index (χ3n) is 3.79. The molecule has 1 aliphatic carbocycles. The van der Waals surface area contributed by atoms with Crippen molar-refractivity contribution in [1.82, 2.24) is 0 Å². The highest BCUT2D eigenvalue weighted by molar-refractivity contribution is 5.46. The smallest absolute Gasteiger partial charge is 0.149 e. The van der Waals surface area contributed by atoms with Gasteiger partial charge in [-0.05, 0) is 30.5 Å². The zero-order chi connectivity index (χ0) is 13.3. The van der Waals surface area contributed by atoms with Gasteiger partial charge in [0.2, 0.25) is 0 Å². The van der Waals surface area contributed by atoms with Gasteiger partial charge in [0.1, 0.15) is 11.6 Å². The highest BCUT2D eigenvalue weighted by atomic mass is 19.1. The number of rotatable bonds is 4. The van der Waals surface area contributed by atoms with Crippen LogP contribution in [0.4, 0.5) is 14.5 Å². The van der Waals surface area contributed by atoms with Gasteiger partial charge in [-0.2, -0.15) is 0 Å². The lowest BCUT2D eigenvalue weighted by atomic mass is 9.96. The van der Waals surface area contributed by atoms with Crippen LogP contribution in [0.25, 0.3) is 0 Å². The molecule has 0 unspecified atom stereocenters.